The van der Waals surface area contributed by atoms with Crippen molar-refractivity contribution in [2.24, 2.45) is 0 Å². The first-order chi connectivity index (χ1) is 13.4. The monoisotopic (exact) mass is 402 g/mol. The summed E-state index contributed by atoms with van der Waals surface area (Å²) < 4.78 is 0. The number of benzene rings is 4. The van der Waals surface area contributed by atoms with Gasteiger partial charge in [-0.25, -0.2) is 0 Å². The molecule has 0 bridgehead atoms. The van der Waals surface area contributed by atoms with E-state index >= 15 is 0 Å². The zero-order chi connectivity index (χ0) is 18.3. The molecule has 0 N–H and O–H groups in total. The van der Waals surface area contributed by atoms with E-state index in [2.05, 4.69) is 97.1 Å². The lowest BCUT2D eigenvalue weighted by molar-refractivity contribution is 1.16. The van der Waals surface area contributed by atoms with Crippen LogP contribution in [0.2, 0.25) is 0 Å². The van der Waals surface area contributed by atoms with Crippen LogP contribution in [0, 0.1) is 0 Å². The Balaban J connectivity index is 0.000000134. The molecule has 0 spiro atoms. The Morgan fingerprint density at radius 3 is 1.00 bits per heavy atom. The molecule has 0 saturated carbocycles. The van der Waals surface area contributed by atoms with Crippen molar-refractivity contribution in [2.75, 3.05) is 0 Å². The quantitative estimate of drug-likeness (QED) is 0.292. The van der Waals surface area contributed by atoms with Gasteiger partial charge < -0.3 is 0 Å². The van der Waals surface area contributed by atoms with Crippen molar-refractivity contribution in [2.45, 2.75) is 29.4 Å². The summed E-state index contributed by atoms with van der Waals surface area (Å²) >= 11 is 5.51. The summed E-state index contributed by atoms with van der Waals surface area (Å²) in [5.74, 6) is 0. The standard InChI is InChI=1S/C12H8S2.C12H10S/c1-2-6-10-9(5-1)13-11-7-3-4-8-12(11)14-10;1-3-7-11(8-4-1)13-12-9-5-2-6-10-12/h1-8H;1-10H. The summed E-state index contributed by atoms with van der Waals surface area (Å²) in [6.45, 7) is 0. The van der Waals surface area contributed by atoms with Crippen molar-refractivity contribution in [1.29, 1.82) is 0 Å². The zero-order valence-corrected chi connectivity index (χ0v) is 17.1. The molecular weight excluding hydrogens is 384 g/mol. The second-order valence-corrected chi connectivity index (χ2v) is 9.14. The van der Waals surface area contributed by atoms with Gasteiger partial charge in [0, 0.05) is 29.4 Å². The Bertz CT molecular complexity index is 873. The van der Waals surface area contributed by atoms with Crippen LogP contribution in [0.1, 0.15) is 0 Å². The smallest absolute Gasteiger partial charge is 0.0262 e. The van der Waals surface area contributed by atoms with Crippen LogP contribution in [0.4, 0.5) is 0 Å². The summed E-state index contributed by atoms with van der Waals surface area (Å²) in [5.41, 5.74) is 0. The Kier molecular flexibility index (Phi) is 6.25. The van der Waals surface area contributed by atoms with E-state index in [-0.39, 0.29) is 0 Å². The average Bonchev–Trinajstić information content (AvgIpc) is 2.74. The van der Waals surface area contributed by atoms with Crippen LogP contribution < -0.4 is 0 Å². The van der Waals surface area contributed by atoms with Gasteiger partial charge in [-0.05, 0) is 48.5 Å². The molecular formula is C24H18S3. The van der Waals surface area contributed by atoms with Gasteiger partial charge in [0.2, 0.25) is 0 Å². The summed E-state index contributed by atoms with van der Waals surface area (Å²) in [6.07, 6.45) is 0. The van der Waals surface area contributed by atoms with Crippen molar-refractivity contribution >= 4 is 35.3 Å². The van der Waals surface area contributed by atoms with E-state index in [4.69, 9.17) is 0 Å². The van der Waals surface area contributed by atoms with E-state index in [9.17, 15) is 0 Å². The molecule has 27 heavy (non-hydrogen) atoms. The van der Waals surface area contributed by atoms with Crippen molar-refractivity contribution in [3.8, 4) is 0 Å². The average molecular weight is 403 g/mol. The van der Waals surface area contributed by atoms with Crippen LogP contribution >= 0.6 is 35.3 Å². The van der Waals surface area contributed by atoms with Gasteiger partial charge in [-0.15, -0.1) is 0 Å². The number of hydrogen-bond donors (Lipinski definition) is 0. The van der Waals surface area contributed by atoms with Gasteiger partial charge in [0.1, 0.15) is 0 Å². The molecule has 0 atom stereocenters. The SMILES string of the molecule is c1ccc(Sc2ccccc2)cc1.c1ccc2c(c1)Sc1ccccc1S2. The van der Waals surface area contributed by atoms with Gasteiger partial charge in [-0.2, -0.15) is 0 Å². The van der Waals surface area contributed by atoms with E-state index < -0.39 is 0 Å². The molecule has 4 aromatic carbocycles. The van der Waals surface area contributed by atoms with Crippen LogP contribution in [-0.4, -0.2) is 0 Å². The van der Waals surface area contributed by atoms with Crippen LogP contribution in [0.25, 0.3) is 0 Å². The Morgan fingerprint density at radius 2 is 0.667 bits per heavy atom. The molecule has 0 fully saturated rings. The lowest BCUT2D eigenvalue weighted by Gasteiger charge is -2.17. The fourth-order valence-corrected chi connectivity index (χ4v) is 5.68. The highest BCUT2D eigenvalue weighted by atomic mass is 32.2. The summed E-state index contributed by atoms with van der Waals surface area (Å²) in [6, 6.07) is 37.9. The van der Waals surface area contributed by atoms with Crippen LogP contribution in [0.15, 0.2) is 139 Å². The molecule has 0 aliphatic carbocycles. The molecule has 1 heterocycles. The van der Waals surface area contributed by atoms with Gasteiger partial charge in [0.15, 0.2) is 0 Å². The first kappa shape index (κ1) is 18.3. The minimum absolute atomic E-state index is 1.29. The van der Waals surface area contributed by atoms with Gasteiger partial charge in [0.05, 0.1) is 0 Å². The maximum atomic E-state index is 2.18. The first-order valence-corrected chi connectivity index (χ1v) is 11.2. The van der Waals surface area contributed by atoms with E-state index in [0.29, 0.717) is 0 Å². The molecule has 0 unspecified atom stereocenters. The van der Waals surface area contributed by atoms with Crippen molar-refractivity contribution < 1.29 is 0 Å². The molecule has 1 aliphatic heterocycles. The lowest BCUT2D eigenvalue weighted by Crippen LogP contribution is -1.87. The van der Waals surface area contributed by atoms with Crippen molar-refractivity contribution in [3.63, 3.8) is 0 Å². The maximum Gasteiger partial charge on any atom is 0.0262 e. The molecule has 0 nitrogen and oxygen atoms in total. The fourth-order valence-electron chi connectivity index (χ4n) is 2.59. The summed E-state index contributed by atoms with van der Waals surface area (Å²) in [7, 11) is 0. The lowest BCUT2D eigenvalue weighted by atomic mass is 10.3. The third-order valence-corrected chi connectivity index (χ3v) is 7.44. The second kappa shape index (κ2) is 9.23. The van der Waals surface area contributed by atoms with Gasteiger partial charge in [-0.3, -0.25) is 0 Å². The molecule has 4 aromatic rings. The predicted molar refractivity (Wildman–Crippen MR) is 118 cm³/mol. The normalized spacial score (nSPS) is 11.6. The maximum absolute atomic E-state index is 2.18. The van der Waals surface area contributed by atoms with Gasteiger partial charge in [-0.1, -0.05) is 95.9 Å². The topological polar surface area (TPSA) is 0 Å². The minimum atomic E-state index is 1.29. The Labute approximate surface area is 173 Å². The zero-order valence-electron chi connectivity index (χ0n) is 14.6. The molecule has 5 rings (SSSR count). The minimum Gasteiger partial charge on any atom is -0.0901 e. The Morgan fingerprint density at radius 1 is 0.370 bits per heavy atom. The highest BCUT2D eigenvalue weighted by molar-refractivity contribution is 8.05. The van der Waals surface area contributed by atoms with Crippen LogP contribution in [-0.2, 0) is 0 Å². The van der Waals surface area contributed by atoms with E-state index in [1.54, 1.807) is 11.8 Å². The molecule has 3 heteroatoms. The molecule has 0 radical (unpaired) electrons. The first-order valence-electron chi connectivity index (χ1n) is 8.70. The highest BCUT2D eigenvalue weighted by Crippen LogP contribution is 2.47. The van der Waals surface area contributed by atoms with E-state index in [1.165, 1.54) is 29.4 Å². The molecule has 1 aliphatic rings. The summed E-state index contributed by atoms with van der Waals surface area (Å²) in [5, 5.41) is 0. The van der Waals surface area contributed by atoms with Crippen molar-refractivity contribution in [3.05, 3.63) is 109 Å². The molecule has 132 valence electrons. The van der Waals surface area contributed by atoms with Crippen LogP contribution in [0.5, 0.6) is 0 Å². The second-order valence-electron chi connectivity index (χ2n) is 5.83. The summed E-state index contributed by atoms with van der Waals surface area (Å²) in [4.78, 5) is 8.06. The van der Waals surface area contributed by atoms with Crippen LogP contribution in [0.3, 0.4) is 0 Å². The largest absolute Gasteiger partial charge is 0.0901 e. The highest BCUT2D eigenvalue weighted by Gasteiger charge is 2.14. The third kappa shape index (κ3) is 5.01. The van der Waals surface area contributed by atoms with E-state index in [0.717, 1.165) is 0 Å². The fraction of sp³-hybridized carbons (Fsp3) is 0. The number of hydrogen-bond acceptors (Lipinski definition) is 3. The number of rotatable bonds is 2. The van der Waals surface area contributed by atoms with Crippen molar-refractivity contribution in [1.82, 2.24) is 0 Å². The molecule has 0 saturated heterocycles. The third-order valence-electron chi connectivity index (χ3n) is 3.86. The molecule has 0 aromatic heterocycles. The van der Waals surface area contributed by atoms with Gasteiger partial charge >= 0.3 is 0 Å². The predicted octanol–water partition coefficient (Wildman–Crippen LogP) is 8.14. The van der Waals surface area contributed by atoms with E-state index in [1.807, 2.05) is 35.7 Å². The van der Waals surface area contributed by atoms with Gasteiger partial charge in [0.25, 0.3) is 0 Å². The molecule has 0 amide bonds. The number of fused-ring (bicyclic) bond motifs is 2. The Hall–Kier alpha value is -2.07.